The number of benzene rings is 12. The Morgan fingerprint density at radius 3 is 1.07 bits per heavy atom. The predicted octanol–water partition coefficient (Wildman–Crippen LogP) is 12.2. The van der Waals surface area contributed by atoms with Crippen LogP contribution in [0.5, 0.6) is 23.0 Å². The van der Waals surface area contributed by atoms with Crippen LogP contribution >= 0.6 is 0 Å². The fourth-order valence-corrected chi connectivity index (χ4v) is 14.6. The standard InChI is InChI=1S/C72H45B3N4O2/c1-5-24-46(25-6-1)50-32-13-18-37-55(50)79-59-41-23-40-58-66(59)75(70-63(79)45-61-68-72(70)81-65-43-22-17-36-54(65)74(68)52-34-15-20-39-57(52)77(61)48-28-9-3-10-29-48)69-62(78(58)49-30-11-4-12-31-49)44-60-67-71(69)80-64-42-21-16-35-53(64)73(67)51-33-14-19-38-56(51)76(60)47-26-7-2-8-27-47/h1-45H. The Hall–Kier alpha value is -10.4. The van der Waals surface area contributed by atoms with Crippen molar-refractivity contribution in [2.75, 3.05) is 19.6 Å². The van der Waals surface area contributed by atoms with Gasteiger partial charge in [0.25, 0.3) is 20.1 Å². The molecule has 18 rings (SSSR count). The van der Waals surface area contributed by atoms with Crippen LogP contribution in [0, 0.1) is 0 Å². The van der Waals surface area contributed by atoms with Crippen LogP contribution < -0.4 is 78.2 Å². The summed E-state index contributed by atoms with van der Waals surface area (Å²) in [7, 11) is 0. The topological polar surface area (TPSA) is 31.4 Å². The van der Waals surface area contributed by atoms with Gasteiger partial charge in [0.05, 0.1) is 5.69 Å². The summed E-state index contributed by atoms with van der Waals surface area (Å²) in [5.41, 5.74) is 25.8. The van der Waals surface area contributed by atoms with Gasteiger partial charge in [0.2, 0.25) is 0 Å². The first-order chi connectivity index (χ1) is 40.3. The van der Waals surface area contributed by atoms with E-state index in [1.54, 1.807) is 0 Å². The molecule has 0 saturated heterocycles. The maximum Gasteiger partial charge on any atom is 0.261 e. The average Bonchev–Trinajstić information content (AvgIpc) is 1.65. The number of ether oxygens (including phenoxy) is 2. The molecule has 6 nitrogen and oxygen atoms in total. The summed E-state index contributed by atoms with van der Waals surface area (Å²) in [6, 6.07) is 99.7. The summed E-state index contributed by atoms with van der Waals surface area (Å²) in [4.78, 5) is 10.00. The Bertz CT molecular complexity index is 4600. The first-order valence-corrected chi connectivity index (χ1v) is 28.0. The first kappa shape index (κ1) is 44.6. The number of nitrogens with zero attached hydrogens (tertiary/aromatic N) is 4. The molecule has 0 fully saturated rings. The summed E-state index contributed by atoms with van der Waals surface area (Å²) >= 11 is 0. The Labute approximate surface area is 471 Å². The molecular weight excluding hydrogens is 985 g/mol. The molecule has 0 aromatic heterocycles. The van der Waals surface area contributed by atoms with Gasteiger partial charge in [-0.1, -0.05) is 182 Å². The van der Waals surface area contributed by atoms with Crippen LogP contribution in [0.1, 0.15) is 0 Å². The molecule has 12 aromatic carbocycles. The number of hydrogen-bond acceptors (Lipinski definition) is 6. The molecule has 9 heteroatoms. The second-order valence-corrected chi connectivity index (χ2v) is 21.8. The Kier molecular flexibility index (Phi) is 9.40. The maximum absolute atomic E-state index is 7.84. The van der Waals surface area contributed by atoms with Crippen LogP contribution in [0.25, 0.3) is 11.1 Å². The number of fused-ring (bicyclic) bond motifs is 14. The van der Waals surface area contributed by atoms with Crippen LogP contribution in [-0.2, 0) is 0 Å². The van der Waals surface area contributed by atoms with Gasteiger partial charge in [-0.25, -0.2) is 0 Å². The summed E-state index contributed by atoms with van der Waals surface area (Å²) in [5.74, 6) is 3.49. The Morgan fingerprint density at radius 2 is 0.580 bits per heavy atom. The van der Waals surface area contributed by atoms with E-state index in [1.807, 2.05) is 0 Å². The van der Waals surface area contributed by atoms with Gasteiger partial charge < -0.3 is 29.1 Å². The molecule has 81 heavy (non-hydrogen) atoms. The van der Waals surface area contributed by atoms with Gasteiger partial charge >= 0.3 is 0 Å². The van der Waals surface area contributed by atoms with Crippen LogP contribution in [0.4, 0.5) is 68.2 Å². The second kappa shape index (κ2) is 17.1. The Balaban J connectivity index is 1.02. The molecule has 0 spiro atoms. The smallest absolute Gasteiger partial charge is 0.261 e. The quantitative estimate of drug-likeness (QED) is 0.160. The third-order valence-corrected chi connectivity index (χ3v) is 17.7. The van der Waals surface area contributed by atoms with Crippen LogP contribution in [0.2, 0.25) is 0 Å². The van der Waals surface area contributed by atoms with E-state index in [0.29, 0.717) is 0 Å². The summed E-state index contributed by atoms with van der Waals surface area (Å²) in [6.45, 7) is -0.633. The van der Waals surface area contributed by atoms with Crippen molar-refractivity contribution in [3.8, 4) is 34.1 Å². The van der Waals surface area contributed by atoms with Gasteiger partial charge in [-0.15, -0.1) is 0 Å². The lowest BCUT2D eigenvalue weighted by molar-refractivity contribution is 0.490. The van der Waals surface area contributed by atoms with Gasteiger partial charge in [0.1, 0.15) is 23.0 Å². The Morgan fingerprint density at radius 1 is 0.235 bits per heavy atom. The number of rotatable bonds is 5. The monoisotopic (exact) mass is 1030 g/mol. The zero-order valence-electron chi connectivity index (χ0n) is 43.8. The van der Waals surface area contributed by atoms with E-state index in [1.165, 1.54) is 16.4 Å². The van der Waals surface area contributed by atoms with Crippen LogP contribution in [0.15, 0.2) is 273 Å². The molecule has 0 radical (unpaired) electrons. The largest absolute Gasteiger partial charge is 0.459 e. The maximum atomic E-state index is 7.84. The molecule has 6 aliphatic rings. The lowest BCUT2D eigenvalue weighted by Crippen LogP contribution is -2.67. The minimum Gasteiger partial charge on any atom is -0.459 e. The molecular formula is C72H45B3N4O2. The number of para-hydroxylation sites is 8. The molecule has 374 valence electrons. The van der Waals surface area contributed by atoms with Crippen molar-refractivity contribution in [3.63, 3.8) is 0 Å². The van der Waals surface area contributed by atoms with Gasteiger partial charge in [-0.05, 0) is 146 Å². The van der Waals surface area contributed by atoms with E-state index in [0.717, 1.165) is 135 Å². The highest BCUT2D eigenvalue weighted by atomic mass is 16.5. The minimum absolute atomic E-state index is 0.120. The van der Waals surface area contributed by atoms with Crippen molar-refractivity contribution in [2.45, 2.75) is 0 Å². The van der Waals surface area contributed by atoms with Crippen molar-refractivity contribution < 1.29 is 9.47 Å². The van der Waals surface area contributed by atoms with E-state index in [2.05, 4.69) is 293 Å². The molecule has 0 aliphatic carbocycles. The zero-order chi connectivity index (χ0) is 52.9. The third kappa shape index (κ3) is 6.20. The van der Waals surface area contributed by atoms with E-state index in [4.69, 9.17) is 9.47 Å². The fraction of sp³-hybridized carbons (Fsp3) is 0. The highest BCUT2D eigenvalue weighted by Gasteiger charge is 2.54. The SMILES string of the molecule is c1ccc(-c2ccccc2N2c3cccc4c3B(c3c(cc5c6c3Oc3ccccc3B6c3ccccc3N5c3ccccc3)N4c3ccccc3)c3c2cc2c4c3Oc3ccccc3B4c3ccccc3N2c2ccccc2)cc1. The lowest BCUT2D eigenvalue weighted by Gasteiger charge is -2.49. The normalized spacial score (nSPS) is 14.0. The first-order valence-electron chi connectivity index (χ1n) is 28.0. The van der Waals surface area contributed by atoms with Crippen molar-refractivity contribution in [1.82, 2.24) is 0 Å². The van der Waals surface area contributed by atoms with Gasteiger partial charge in [-0.3, -0.25) is 0 Å². The van der Waals surface area contributed by atoms with E-state index < -0.39 is 0 Å². The third-order valence-electron chi connectivity index (χ3n) is 17.7. The lowest BCUT2D eigenvalue weighted by atomic mass is 9.28. The van der Waals surface area contributed by atoms with Crippen molar-refractivity contribution in [2.24, 2.45) is 0 Å². The number of hydrogen-bond donors (Lipinski definition) is 0. The van der Waals surface area contributed by atoms with Gasteiger partial charge in [0.15, 0.2) is 0 Å². The van der Waals surface area contributed by atoms with Crippen LogP contribution in [0.3, 0.4) is 0 Å². The van der Waals surface area contributed by atoms with Crippen molar-refractivity contribution >= 4 is 138 Å². The minimum atomic E-state index is -0.386. The summed E-state index contributed by atoms with van der Waals surface area (Å²) < 4.78 is 15.6. The summed E-state index contributed by atoms with van der Waals surface area (Å²) in [5, 5.41) is 0. The molecule has 0 bridgehead atoms. The average molecular weight is 1030 g/mol. The predicted molar refractivity (Wildman–Crippen MR) is 338 cm³/mol. The molecule has 6 heterocycles. The van der Waals surface area contributed by atoms with Gasteiger partial charge in [-0.2, -0.15) is 0 Å². The highest BCUT2D eigenvalue weighted by Crippen LogP contribution is 2.53. The van der Waals surface area contributed by atoms with E-state index in [-0.39, 0.29) is 20.1 Å². The summed E-state index contributed by atoms with van der Waals surface area (Å²) in [6.07, 6.45) is 0. The molecule has 0 atom stereocenters. The molecule has 0 saturated carbocycles. The zero-order valence-corrected chi connectivity index (χ0v) is 43.8. The van der Waals surface area contributed by atoms with E-state index >= 15 is 0 Å². The highest BCUT2D eigenvalue weighted by molar-refractivity contribution is 7.05. The fourth-order valence-electron chi connectivity index (χ4n) is 14.6. The van der Waals surface area contributed by atoms with Gasteiger partial charge in [0, 0.05) is 68.1 Å². The number of anilines is 12. The molecule has 0 N–H and O–H groups in total. The van der Waals surface area contributed by atoms with Crippen LogP contribution in [-0.4, -0.2) is 20.1 Å². The van der Waals surface area contributed by atoms with E-state index in [9.17, 15) is 0 Å². The molecule has 12 aromatic rings. The molecule has 0 amide bonds. The molecule has 6 aliphatic heterocycles. The van der Waals surface area contributed by atoms with Crippen molar-refractivity contribution in [3.05, 3.63) is 273 Å². The van der Waals surface area contributed by atoms with Crippen molar-refractivity contribution in [1.29, 1.82) is 0 Å². The molecule has 0 unspecified atom stereocenters. The second-order valence-electron chi connectivity index (χ2n) is 21.8.